The van der Waals surface area contributed by atoms with Crippen LogP contribution in [0.4, 0.5) is 5.82 Å². The Morgan fingerprint density at radius 2 is 2.00 bits per heavy atom. The zero-order valence-electron chi connectivity index (χ0n) is 16.2. The zero-order valence-corrected chi connectivity index (χ0v) is 16.2. The molecule has 0 aliphatic carbocycles. The molecule has 2 aromatic heterocycles. The molecule has 1 aromatic carbocycles. The average molecular weight is 376 g/mol. The first-order valence-electron chi connectivity index (χ1n) is 9.50. The predicted octanol–water partition coefficient (Wildman–Crippen LogP) is 2.07. The number of fused-ring (bicyclic) bond motifs is 1. The maximum absolute atomic E-state index is 12.8. The number of benzene rings is 1. The van der Waals surface area contributed by atoms with Crippen LogP contribution in [0.2, 0.25) is 0 Å². The summed E-state index contributed by atoms with van der Waals surface area (Å²) in [5, 5.41) is 11.9. The summed E-state index contributed by atoms with van der Waals surface area (Å²) in [6, 6.07) is 13.9. The molecule has 1 aliphatic rings. The number of aryl methyl sites for hydroxylation is 1. The molecule has 1 amide bonds. The number of nitrogens with one attached hydrogen (secondary N) is 1. The zero-order chi connectivity index (χ0) is 19.5. The van der Waals surface area contributed by atoms with Crippen molar-refractivity contribution < 1.29 is 4.79 Å². The Bertz CT molecular complexity index is 966. The Morgan fingerprint density at radius 1 is 1.18 bits per heavy atom. The second kappa shape index (κ2) is 7.80. The van der Waals surface area contributed by atoms with Crippen LogP contribution in [0.15, 0.2) is 48.7 Å². The lowest BCUT2D eigenvalue weighted by Gasteiger charge is -2.26. The summed E-state index contributed by atoms with van der Waals surface area (Å²) in [6.45, 7) is 0.688. The highest BCUT2D eigenvalue weighted by Gasteiger charge is 2.25. The summed E-state index contributed by atoms with van der Waals surface area (Å²) < 4.78 is 2.15. The summed E-state index contributed by atoms with van der Waals surface area (Å²) in [6.07, 6.45) is 4.10. The summed E-state index contributed by atoms with van der Waals surface area (Å²) in [7, 11) is 3.78. The molecule has 7 heteroatoms. The summed E-state index contributed by atoms with van der Waals surface area (Å²) in [4.78, 5) is 19.0. The van der Waals surface area contributed by atoms with E-state index >= 15 is 0 Å². The van der Waals surface area contributed by atoms with Crippen molar-refractivity contribution in [2.75, 3.05) is 19.0 Å². The number of hydrogen-bond donors (Lipinski definition) is 1. The maximum Gasteiger partial charge on any atom is 0.255 e. The number of carbonyl (C=O) groups is 1. The Hall–Kier alpha value is -3.22. The average Bonchev–Trinajstić information content (AvgIpc) is 3.11. The number of aromatic nitrogens is 4. The third-order valence-electron chi connectivity index (χ3n) is 5.02. The van der Waals surface area contributed by atoms with Crippen LogP contribution >= 0.6 is 0 Å². The topological polar surface area (TPSA) is 75.9 Å². The monoisotopic (exact) mass is 376 g/mol. The van der Waals surface area contributed by atoms with E-state index in [0.29, 0.717) is 17.9 Å². The van der Waals surface area contributed by atoms with E-state index < -0.39 is 0 Å². The highest BCUT2D eigenvalue weighted by molar-refractivity contribution is 5.99. The lowest BCUT2D eigenvalue weighted by Crippen LogP contribution is -2.41. The molecule has 3 heterocycles. The molecule has 7 nitrogen and oxygen atoms in total. The van der Waals surface area contributed by atoms with E-state index in [4.69, 9.17) is 0 Å². The SMILES string of the molecule is CN(C)c1ncccc1C(=O)N[C@H]1CCc2nnc(Cc3ccccc3)n2C1. The van der Waals surface area contributed by atoms with E-state index in [-0.39, 0.29) is 11.9 Å². The second-order valence-corrected chi connectivity index (χ2v) is 7.28. The van der Waals surface area contributed by atoms with Crippen molar-refractivity contribution >= 4 is 11.7 Å². The summed E-state index contributed by atoms with van der Waals surface area (Å²) in [5.74, 6) is 2.51. The van der Waals surface area contributed by atoms with Crippen molar-refractivity contribution in [3.05, 3.63) is 71.4 Å². The lowest BCUT2D eigenvalue weighted by molar-refractivity contribution is 0.0927. The van der Waals surface area contributed by atoms with E-state index in [1.165, 1.54) is 5.56 Å². The molecule has 4 rings (SSSR count). The van der Waals surface area contributed by atoms with Crippen LogP contribution in [0.25, 0.3) is 0 Å². The largest absolute Gasteiger partial charge is 0.362 e. The van der Waals surface area contributed by atoms with Gasteiger partial charge in [0.1, 0.15) is 17.5 Å². The van der Waals surface area contributed by atoms with Crippen LogP contribution in [0.1, 0.15) is 34.0 Å². The van der Waals surface area contributed by atoms with E-state index in [9.17, 15) is 4.79 Å². The highest BCUT2D eigenvalue weighted by Crippen LogP contribution is 2.19. The first-order valence-corrected chi connectivity index (χ1v) is 9.50. The number of carbonyl (C=O) groups excluding carboxylic acids is 1. The van der Waals surface area contributed by atoms with Crippen molar-refractivity contribution in [3.8, 4) is 0 Å². The molecule has 0 bridgehead atoms. The number of nitrogens with zero attached hydrogens (tertiary/aromatic N) is 5. The highest BCUT2D eigenvalue weighted by atomic mass is 16.1. The standard InChI is InChI=1S/C21H24N6O/c1-26(2)20-17(9-6-12-22-20)21(28)23-16-10-11-18-24-25-19(27(18)14-16)13-15-7-4-3-5-8-15/h3-9,12,16H,10-11,13-14H2,1-2H3,(H,23,28)/t16-/m0/s1. The van der Waals surface area contributed by atoms with Gasteiger partial charge in [0.15, 0.2) is 0 Å². The fraction of sp³-hybridized carbons (Fsp3) is 0.333. The van der Waals surface area contributed by atoms with Crippen molar-refractivity contribution in [1.82, 2.24) is 25.1 Å². The van der Waals surface area contributed by atoms with Gasteiger partial charge in [0.2, 0.25) is 0 Å². The van der Waals surface area contributed by atoms with Crippen LogP contribution in [-0.2, 0) is 19.4 Å². The molecule has 144 valence electrons. The second-order valence-electron chi connectivity index (χ2n) is 7.28. The van der Waals surface area contributed by atoms with Gasteiger partial charge in [-0.2, -0.15) is 0 Å². The number of hydrogen-bond acceptors (Lipinski definition) is 5. The third-order valence-corrected chi connectivity index (χ3v) is 5.02. The Kier molecular flexibility index (Phi) is 5.06. The molecule has 3 aromatic rings. The molecule has 0 saturated carbocycles. The molecule has 0 fully saturated rings. The van der Waals surface area contributed by atoms with Crippen molar-refractivity contribution in [2.24, 2.45) is 0 Å². The van der Waals surface area contributed by atoms with Gasteiger partial charge in [-0.25, -0.2) is 4.98 Å². The number of pyridine rings is 1. The van der Waals surface area contributed by atoms with Crippen molar-refractivity contribution in [2.45, 2.75) is 31.8 Å². The fourth-order valence-corrected chi connectivity index (χ4v) is 3.60. The lowest BCUT2D eigenvalue weighted by atomic mass is 10.1. The Morgan fingerprint density at radius 3 is 2.79 bits per heavy atom. The van der Waals surface area contributed by atoms with Crippen LogP contribution in [-0.4, -0.2) is 45.8 Å². The predicted molar refractivity (Wildman–Crippen MR) is 107 cm³/mol. The molecule has 0 radical (unpaired) electrons. The third kappa shape index (κ3) is 3.74. The van der Waals surface area contributed by atoms with Crippen LogP contribution in [0, 0.1) is 0 Å². The minimum Gasteiger partial charge on any atom is -0.362 e. The molecule has 28 heavy (non-hydrogen) atoms. The van der Waals surface area contributed by atoms with E-state index in [2.05, 4.69) is 37.2 Å². The molecule has 1 N–H and O–H groups in total. The van der Waals surface area contributed by atoms with E-state index in [1.807, 2.05) is 43.3 Å². The fourth-order valence-electron chi connectivity index (χ4n) is 3.60. The minimum atomic E-state index is -0.0945. The number of rotatable bonds is 5. The summed E-state index contributed by atoms with van der Waals surface area (Å²) >= 11 is 0. The molecular weight excluding hydrogens is 352 g/mol. The van der Waals surface area contributed by atoms with Gasteiger partial charge in [-0.05, 0) is 24.1 Å². The van der Waals surface area contributed by atoms with E-state index in [0.717, 1.165) is 30.9 Å². The molecular formula is C21H24N6O. The molecule has 1 atom stereocenters. The number of amides is 1. The molecule has 1 aliphatic heterocycles. The first kappa shape index (κ1) is 18.2. The van der Waals surface area contributed by atoms with E-state index in [1.54, 1.807) is 12.3 Å². The normalized spacial score (nSPS) is 15.7. The smallest absolute Gasteiger partial charge is 0.255 e. The van der Waals surface area contributed by atoms with Gasteiger partial charge >= 0.3 is 0 Å². The van der Waals surface area contributed by atoms with Gasteiger partial charge in [-0.3, -0.25) is 4.79 Å². The van der Waals surface area contributed by atoms with Crippen molar-refractivity contribution in [3.63, 3.8) is 0 Å². The van der Waals surface area contributed by atoms with Crippen LogP contribution in [0.5, 0.6) is 0 Å². The van der Waals surface area contributed by atoms with Gasteiger partial charge in [-0.15, -0.1) is 10.2 Å². The van der Waals surface area contributed by atoms with Gasteiger partial charge in [-0.1, -0.05) is 30.3 Å². The molecule has 0 saturated heterocycles. The van der Waals surface area contributed by atoms with Crippen LogP contribution in [0.3, 0.4) is 0 Å². The first-order chi connectivity index (χ1) is 13.6. The van der Waals surface area contributed by atoms with Crippen molar-refractivity contribution in [1.29, 1.82) is 0 Å². The quantitative estimate of drug-likeness (QED) is 0.738. The van der Waals surface area contributed by atoms with Gasteiger partial charge < -0.3 is 14.8 Å². The molecule has 0 spiro atoms. The Labute approximate surface area is 164 Å². The molecule has 0 unspecified atom stereocenters. The van der Waals surface area contributed by atoms with Gasteiger partial charge in [0.25, 0.3) is 5.91 Å². The summed E-state index contributed by atoms with van der Waals surface area (Å²) in [5.41, 5.74) is 1.79. The number of anilines is 1. The van der Waals surface area contributed by atoms with Gasteiger partial charge in [0.05, 0.1) is 5.56 Å². The van der Waals surface area contributed by atoms with Crippen LogP contribution < -0.4 is 10.2 Å². The minimum absolute atomic E-state index is 0.0424. The maximum atomic E-state index is 12.8. The van der Waals surface area contributed by atoms with Gasteiger partial charge in [0, 0.05) is 45.7 Å². The Balaban J connectivity index is 1.49.